The van der Waals surface area contributed by atoms with Crippen molar-refractivity contribution in [2.24, 2.45) is 11.3 Å². The Morgan fingerprint density at radius 1 is 1.17 bits per heavy atom. The standard InChI is InChI=1S/C20H30N2O2/c1-16-14-22(15-18(16)21-9-11-24-12-10-21)19(23)20(2,3)13-17-7-5-4-6-8-17/h4-8,16,18H,9-15H2,1-3H3. The second kappa shape index (κ2) is 7.24. The molecule has 0 spiro atoms. The number of hydrogen-bond acceptors (Lipinski definition) is 3. The van der Waals surface area contributed by atoms with E-state index in [9.17, 15) is 4.79 Å². The van der Waals surface area contributed by atoms with E-state index in [1.165, 1.54) is 5.56 Å². The second-order valence-electron chi connectivity index (χ2n) is 7.95. The maximum atomic E-state index is 13.1. The van der Waals surface area contributed by atoms with Crippen LogP contribution < -0.4 is 0 Å². The summed E-state index contributed by atoms with van der Waals surface area (Å²) in [6.45, 7) is 11.8. The van der Waals surface area contributed by atoms with Gasteiger partial charge >= 0.3 is 0 Å². The van der Waals surface area contributed by atoms with Crippen LogP contribution in [0.1, 0.15) is 26.3 Å². The highest BCUT2D eigenvalue weighted by atomic mass is 16.5. The van der Waals surface area contributed by atoms with Crippen molar-refractivity contribution in [2.75, 3.05) is 39.4 Å². The van der Waals surface area contributed by atoms with Gasteiger partial charge in [-0.1, -0.05) is 51.1 Å². The van der Waals surface area contributed by atoms with E-state index in [4.69, 9.17) is 4.74 Å². The number of carbonyl (C=O) groups excluding carboxylic acids is 1. The zero-order valence-corrected chi connectivity index (χ0v) is 15.2. The third-order valence-electron chi connectivity index (χ3n) is 5.44. The molecule has 0 aliphatic carbocycles. The van der Waals surface area contributed by atoms with Gasteiger partial charge < -0.3 is 9.64 Å². The molecule has 1 aromatic carbocycles. The number of rotatable bonds is 4. The molecule has 0 bridgehead atoms. The Morgan fingerprint density at radius 2 is 1.83 bits per heavy atom. The number of amides is 1. The molecule has 2 fully saturated rings. The number of hydrogen-bond donors (Lipinski definition) is 0. The van der Waals surface area contributed by atoms with Gasteiger partial charge in [0.1, 0.15) is 0 Å². The largest absolute Gasteiger partial charge is 0.379 e. The van der Waals surface area contributed by atoms with E-state index in [2.05, 4.69) is 42.7 Å². The minimum Gasteiger partial charge on any atom is -0.379 e. The van der Waals surface area contributed by atoms with Crippen LogP contribution in [0.25, 0.3) is 0 Å². The van der Waals surface area contributed by atoms with Crippen molar-refractivity contribution in [3.8, 4) is 0 Å². The molecule has 24 heavy (non-hydrogen) atoms. The topological polar surface area (TPSA) is 32.8 Å². The molecule has 0 aromatic heterocycles. The van der Waals surface area contributed by atoms with Gasteiger partial charge in [-0.25, -0.2) is 0 Å². The van der Waals surface area contributed by atoms with Crippen molar-refractivity contribution >= 4 is 5.91 Å². The fourth-order valence-corrected chi connectivity index (χ4v) is 4.11. The summed E-state index contributed by atoms with van der Waals surface area (Å²) in [7, 11) is 0. The van der Waals surface area contributed by atoms with Crippen LogP contribution in [0.3, 0.4) is 0 Å². The lowest BCUT2D eigenvalue weighted by molar-refractivity contribution is -0.139. The molecule has 2 heterocycles. The summed E-state index contributed by atoms with van der Waals surface area (Å²) in [5.41, 5.74) is 0.869. The Morgan fingerprint density at radius 3 is 2.50 bits per heavy atom. The number of carbonyl (C=O) groups is 1. The van der Waals surface area contributed by atoms with E-state index in [1.54, 1.807) is 0 Å². The first kappa shape index (κ1) is 17.4. The molecule has 2 unspecified atom stereocenters. The van der Waals surface area contributed by atoms with Crippen molar-refractivity contribution in [3.63, 3.8) is 0 Å². The molecule has 2 saturated heterocycles. The molecule has 4 heteroatoms. The lowest BCUT2D eigenvalue weighted by Gasteiger charge is -2.34. The summed E-state index contributed by atoms with van der Waals surface area (Å²) in [5, 5.41) is 0. The highest BCUT2D eigenvalue weighted by Crippen LogP contribution is 2.30. The summed E-state index contributed by atoms with van der Waals surface area (Å²) in [6.07, 6.45) is 0.791. The monoisotopic (exact) mass is 330 g/mol. The fraction of sp³-hybridized carbons (Fsp3) is 0.650. The maximum Gasteiger partial charge on any atom is 0.228 e. The molecule has 0 N–H and O–H groups in total. The van der Waals surface area contributed by atoms with Crippen LogP contribution in [0.4, 0.5) is 0 Å². The average molecular weight is 330 g/mol. The Kier molecular flexibility index (Phi) is 5.26. The summed E-state index contributed by atoms with van der Waals surface area (Å²) < 4.78 is 5.47. The normalized spacial score (nSPS) is 25.9. The van der Waals surface area contributed by atoms with Crippen molar-refractivity contribution in [1.29, 1.82) is 0 Å². The van der Waals surface area contributed by atoms with Crippen LogP contribution in [0.2, 0.25) is 0 Å². The molecule has 2 aliphatic rings. The first-order chi connectivity index (χ1) is 11.5. The van der Waals surface area contributed by atoms with Gasteiger partial charge in [-0.15, -0.1) is 0 Å². The smallest absolute Gasteiger partial charge is 0.228 e. The molecule has 2 aliphatic heterocycles. The molecule has 3 rings (SSSR count). The Bertz CT molecular complexity index is 552. The maximum absolute atomic E-state index is 13.1. The van der Waals surface area contributed by atoms with Gasteiger partial charge in [0, 0.05) is 37.6 Å². The molecule has 132 valence electrons. The van der Waals surface area contributed by atoms with Gasteiger partial charge in [-0.3, -0.25) is 9.69 Å². The van der Waals surface area contributed by atoms with E-state index < -0.39 is 0 Å². The number of ether oxygens (including phenoxy) is 1. The third kappa shape index (κ3) is 3.81. The molecule has 1 amide bonds. The molecule has 2 atom stereocenters. The average Bonchev–Trinajstić information content (AvgIpc) is 2.97. The zero-order valence-electron chi connectivity index (χ0n) is 15.2. The second-order valence-corrected chi connectivity index (χ2v) is 7.95. The molecule has 4 nitrogen and oxygen atoms in total. The van der Waals surface area contributed by atoms with E-state index in [1.807, 2.05) is 18.2 Å². The van der Waals surface area contributed by atoms with Gasteiger partial charge in [-0.2, -0.15) is 0 Å². The van der Waals surface area contributed by atoms with Gasteiger partial charge in [0.2, 0.25) is 5.91 Å². The third-order valence-corrected chi connectivity index (χ3v) is 5.44. The lowest BCUT2D eigenvalue weighted by Crippen LogP contribution is -2.48. The van der Waals surface area contributed by atoms with Crippen LogP contribution in [0.15, 0.2) is 30.3 Å². The summed E-state index contributed by atoms with van der Waals surface area (Å²) in [5.74, 6) is 0.813. The fourth-order valence-electron chi connectivity index (χ4n) is 4.11. The van der Waals surface area contributed by atoms with E-state index in [0.717, 1.165) is 45.8 Å². The minimum absolute atomic E-state index is 0.286. The predicted octanol–water partition coefficient (Wildman–Crippen LogP) is 2.43. The van der Waals surface area contributed by atoms with E-state index in [0.29, 0.717) is 12.0 Å². The highest BCUT2D eigenvalue weighted by Gasteiger charge is 2.41. The van der Waals surface area contributed by atoms with Crippen LogP contribution in [-0.2, 0) is 16.0 Å². The van der Waals surface area contributed by atoms with Gasteiger partial charge in [-0.05, 0) is 17.9 Å². The van der Waals surface area contributed by atoms with Crippen LogP contribution in [-0.4, -0.2) is 61.1 Å². The van der Waals surface area contributed by atoms with Crippen molar-refractivity contribution in [1.82, 2.24) is 9.80 Å². The van der Waals surface area contributed by atoms with E-state index in [-0.39, 0.29) is 11.3 Å². The SMILES string of the molecule is CC1CN(C(=O)C(C)(C)Cc2ccccc2)CC1N1CCOCC1. The minimum atomic E-state index is -0.360. The lowest BCUT2D eigenvalue weighted by atomic mass is 9.84. The van der Waals surface area contributed by atoms with Crippen LogP contribution >= 0.6 is 0 Å². The highest BCUT2D eigenvalue weighted by molar-refractivity contribution is 5.82. The summed E-state index contributed by atoms with van der Waals surface area (Å²) in [6, 6.07) is 10.8. The number of likely N-dealkylation sites (tertiary alicyclic amines) is 1. The first-order valence-corrected chi connectivity index (χ1v) is 9.12. The molecule has 0 radical (unpaired) electrons. The van der Waals surface area contributed by atoms with Crippen molar-refractivity contribution in [3.05, 3.63) is 35.9 Å². The summed E-state index contributed by atoms with van der Waals surface area (Å²) in [4.78, 5) is 17.7. The quantitative estimate of drug-likeness (QED) is 0.850. The number of nitrogens with zero attached hydrogens (tertiary/aromatic N) is 2. The molecule has 1 aromatic rings. The van der Waals surface area contributed by atoms with E-state index >= 15 is 0 Å². The first-order valence-electron chi connectivity index (χ1n) is 9.12. The van der Waals surface area contributed by atoms with Crippen LogP contribution in [0.5, 0.6) is 0 Å². The zero-order chi connectivity index (χ0) is 17.2. The Labute approximate surface area is 145 Å². The Hall–Kier alpha value is -1.39. The van der Waals surface area contributed by atoms with Crippen molar-refractivity contribution in [2.45, 2.75) is 33.2 Å². The van der Waals surface area contributed by atoms with Crippen molar-refractivity contribution < 1.29 is 9.53 Å². The molecule has 0 saturated carbocycles. The molecular formula is C20H30N2O2. The Balaban J connectivity index is 1.64. The van der Waals surface area contributed by atoms with Crippen LogP contribution in [0, 0.1) is 11.3 Å². The van der Waals surface area contributed by atoms with Gasteiger partial charge in [0.15, 0.2) is 0 Å². The summed E-state index contributed by atoms with van der Waals surface area (Å²) >= 11 is 0. The number of morpholine rings is 1. The van der Waals surface area contributed by atoms with Gasteiger partial charge in [0.05, 0.1) is 13.2 Å². The predicted molar refractivity (Wildman–Crippen MR) is 95.9 cm³/mol. The number of benzene rings is 1. The van der Waals surface area contributed by atoms with Gasteiger partial charge in [0.25, 0.3) is 0 Å². The molecular weight excluding hydrogens is 300 g/mol.